The molecule has 0 saturated heterocycles. The average Bonchev–Trinajstić information content (AvgIpc) is 2.58. The molecule has 0 bridgehead atoms. The number of primary amides is 1. The molecule has 1 amide bonds. The Morgan fingerprint density at radius 3 is 2.56 bits per heavy atom. The minimum Gasteiger partial charge on any atom is -0.369 e. The van der Waals surface area contributed by atoms with E-state index in [1.54, 1.807) is 23.6 Å². The smallest absolute Gasteiger partial charge is 0.266 e. The van der Waals surface area contributed by atoms with Crippen LogP contribution in [0.15, 0.2) is 52.4 Å². The molecule has 0 spiro atoms. The number of carbonyl (C=O) groups excluding carboxylic acids is 1. The van der Waals surface area contributed by atoms with Gasteiger partial charge in [-0.15, -0.1) is 0 Å². The number of hydrogen-bond acceptors (Lipinski definition) is 4. The molecule has 6 heteroatoms. The first kappa shape index (κ1) is 17.2. The molecule has 0 aliphatic heterocycles. The Hall–Kier alpha value is -2.60. The van der Waals surface area contributed by atoms with Gasteiger partial charge < -0.3 is 5.73 Å². The van der Waals surface area contributed by atoms with Crippen LogP contribution in [0.1, 0.15) is 18.1 Å². The number of amides is 1. The first-order chi connectivity index (χ1) is 11.9. The fourth-order valence-electron chi connectivity index (χ4n) is 2.50. The third kappa shape index (κ3) is 3.30. The maximum Gasteiger partial charge on any atom is 0.266 e. The van der Waals surface area contributed by atoms with Gasteiger partial charge in [0.1, 0.15) is 0 Å². The standard InChI is InChI=1S/C19H19N3O2S/c1-11-8-9-14(10-12(11)2)22-18(24)15-6-4-5-7-16(15)21-19(22)25-13(3)17(20)23/h4-10,13H,1-3H3,(H2,20,23)/t13-/m1/s1. The summed E-state index contributed by atoms with van der Waals surface area (Å²) in [5.74, 6) is -0.445. The molecular weight excluding hydrogens is 334 g/mol. The number of aryl methyl sites for hydroxylation is 2. The van der Waals surface area contributed by atoms with E-state index in [9.17, 15) is 9.59 Å². The minimum atomic E-state index is -0.495. The van der Waals surface area contributed by atoms with Gasteiger partial charge in [0.25, 0.3) is 5.56 Å². The van der Waals surface area contributed by atoms with Crippen LogP contribution in [0.5, 0.6) is 0 Å². The lowest BCUT2D eigenvalue weighted by molar-refractivity contribution is -0.117. The van der Waals surface area contributed by atoms with Crippen molar-refractivity contribution in [3.63, 3.8) is 0 Å². The zero-order chi connectivity index (χ0) is 18.1. The average molecular weight is 353 g/mol. The number of nitrogens with zero attached hydrogens (tertiary/aromatic N) is 2. The van der Waals surface area contributed by atoms with Crippen molar-refractivity contribution in [3.05, 3.63) is 63.9 Å². The summed E-state index contributed by atoms with van der Waals surface area (Å²) in [5, 5.41) is 0.501. The van der Waals surface area contributed by atoms with Crippen LogP contribution in [0.4, 0.5) is 0 Å². The minimum absolute atomic E-state index is 0.159. The molecule has 0 fully saturated rings. The second-order valence-electron chi connectivity index (χ2n) is 5.98. The van der Waals surface area contributed by atoms with Crippen molar-refractivity contribution in [2.45, 2.75) is 31.2 Å². The highest BCUT2D eigenvalue weighted by Gasteiger charge is 2.18. The third-order valence-electron chi connectivity index (χ3n) is 4.18. The number of aromatic nitrogens is 2. The van der Waals surface area contributed by atoms with Gasteiger partial charge >= 0.3 is 0 Å². The highest BCUT2D eigenvalue weighted by atomic mass is 32.2. The van der Waals surface area contributed by atoms with Gasteiger partial charge in [-0.05, 0) is 56.2 Å². The predicted octanol–water partition coefficient (Wildman–Crippen LogP) is 2.97. The molecule has 0 radical (unpaired) electrons. The van der Waals surface area contributed by atoms with Gasteiger partial charge in [0.2, 0.25) is 5.91 Å². The molecule has 0 saturated carbocycles. The van der Waals surface area contributed by atoms with Crippen LogP contribution in [-0.2, 0) is 4.79 Å². The van der Waals surface area contributed by atoms with E-state index in [1.807, 2.05) is 44.2 Å². The monoisotopic (exact) mass is 353 g/mol. The van der Waals surface area contributed by atoms with Gasteiger partial charge in [0, 0.05) is 0 Å². The number of benzene rings is 2. The summed E-state index contributed by atoms with van der Waals surface area (Å²) in [6, 6.07) is 13.0. The molecule has 128 valence electrons. The molecule has 0 unspecified atom stereocenters. The molecule has 0 aliphatic rings. The highest BCUT2D eigenvalue weighted by Crippen LogP contribution is 2.25. The van der Waals surface area contributed by atoms with E-state index in [-0.39, 0.29) is 5.56 Å². The highest BCUT2D eigenvalue weighted by molar-refractivity contribution is 8.00. The second-order valence-corrected chi connectivity index (χ2v) is 7.29. The number of carbonyl (C=O) groups is 1. The number of hydrogen-bond donors (Lipinski definition) is 1. The molecule has 2 aromatic carbocycles. The molecule has 3 aromatic rings. The van der Waals surface area contributed by atoms with Crippen LogP contribution in [0, 0.1) is 13.8 Å². The van der Waals surface area contributed by atoms with Crippen molar-refractivity contribution >= 4 is 28.6 Å². The summed E-state index contributed by atoms with van der Waals surface area (Å²) in [5.41, 5.74) is 8.79. The number of para-hydroxylation sites is 1. The third-order valence-corrected chi connectivity index (χ3v) is 5.25. The maximum absolute atomic E-state index is 13.1. The van der Waals surface area contributed by atoms with E-state index in [0.717, 1.165) is 16.8 Å². The summed E-state index contributed by atoms with van der Waals surface area (Å²) < 4.78 is 1.55. The molecular formula is C19H19N3O2S. The molecule has 25 heavy (non-hydrogen) atoms. The summed E-state index contributed by atoms with van der Waals surface area (Å²) in [7, 11) is 0. The van der Waals surface area contributed by atoms with Crippen LogP contribution in [0.2, 0.25) is 0 Å². The van der Waals surface area contributed by atoms with Crippen molar-refractivity contribution in [1.29, 1.82) is 0 Å². The first-order valence-electron chi connectivity index (χ1n) is 7.94. The summed E-state index contributed by atoms with van der Waals surface area (Å²) in [6.07, 6.45) is 0. The predicted molar refractivity (Wildman–Crippen MR) is 101 cm³/mol. The second kappa shape index (κ2) is 6.72. The Bertz CT molecular complexity index is 1030. The number of rotatable bonds is 4. The van der Waals surface area contributed by atoms with Gasteiger partial charge in [-0.2, -0.15) is 0 Å². The van der Waals surface area contributed by atoms with Gasteiger partial charge in [0.15, 0.2) is 5.16 Å². The Morgan fingerprint density at radius 2 is 1.88 bits per heavy atom. The Balaban J connectivity index is 2.29. The molecule has 0 aliphatic carbocycles. The molecule has 1 atom stereocenters. The molecule has 5 nitrogen and oxygen atoms in total. The Morgan fingerprint density at radius 1 is 1.16 bits per heavy atom. The summed E-state index contributed by atoms with van der Waals surface area (Å²) >= 11 is 1.19. The number of fused-ring (bicyclic) bond motifs is 1. The van der Waals surface area contributed by atoms with Crippen molar-refractivity contribution in [3.8, 4) is 5.69 Å². The van der Waals surface area contributed by atoms with E-state index < -0.39 is 11.2 Å². The van der Waals surface area contributed by atoms with E-state index in [1.165, 1.54) is 11.8 Å². The summed E-state index contributed by atoms with van der Waals surface area (Å²) in [4.78, 5) is 29.2. The normalized spacial score (nSPS) is 12.3. The Labute approximate surface area is 149 Å². The quantitative estimate of drug-likeness (QED) is 0.578. The SMILES string of the molecule is Cc1ccc(-n2c(S[C@H](C)C(N)=O)nc3ccccc3c2=O)cc1C. The number of nitrogens with two attached hydrogens (primary N) is 1. The van der Waals surface area contributed by atoms with E-state index >= 15 is 0 Å². The van der Waals surface area contributed by atoms with Crippen LogP contribution in [-0.4, -0.2) is 20.7 Å². The molecule has 2 N–H and O–H groups in total. The van der Waals surface area contributed by atoms with Crippen molar-refractivity contribution in [2.24, 2.45) is 5.73 Å². The Kier molecular flexibility index (Phi) is 4.63. The van der Waals surface area contributed by atoms with Gasteiger partial charge in [-0.1, -0.05) is 30.0 Å². The van der Waals surface area contributed by atoms with Gasteiger partial charge in [-0.3, -0.25) is 14.2 Å². The first-order valence-corrected chi connectivity index (χ1v) is 8.82. The largest absolute Gasteiger partial charge is 0.369 e. The van der Waals surface area contributed by atoms with Gasteiger partial charge in [0.05, 0.1) is 21.8 Å². The van der Waals surface area contributed by atoms with Crippen LogP contribution < -0.4 is 11.3 Å². The van der Waals surface area contributed by atoms with Gasteiger partial charge in [-0.25, -0.2) is 4.98 Å². The lowest BCUT2D eigenvalue weighted by atomic mass is 10.1. The van der Waals surface area contributed by atoms with Crippen molar-refractivity contribution < 1.29 is 4.79 Å². The van der Waals surface area contributed by atoms with Crippen molar-refractivity contribution in [2.75, 3.05) is 0 Å². The molecule has 1 aromatic heterocycles. The zero-order valence-electron chi connectivity index (χ0n) is 14.3. The fourth-order valence-corrected chi connectivity index (χ4v) is 3.38. The maximum atomic E-state index is 13.1. The van der Waals surface area contributed by atoms with E-state index in [2.05, 4.69) is 4.98 Å². The van der Waals surface area contributed by atoms with Crippen molar-refractivity contribution in [1.82, 2.24) is 9.55 Å². The fraction of sp³-hybridized carbons (Fsp3) is 0.211. The molecule has 1 heterocycles. The van der Waals surface area contributed by atoms with Crippen LogP contribution in [0.25, 0.3) is 16.6 Å². The van der Waals surface area contributed by atoms with Crippen LogP contribution in [0.3, 0.4) is 0 Å². The topological polar surface area (TPSA) is 78.0 Å². The molecule has 3 rings (SSSR count). The zero-order valence-corrected chi connectivity index (χ0v) is 15.1. The van der Waals surface area contributed by atoms with E-state index in [4.69, 9.17) is 5.73 Å². The lowest BCUT2D eigenvalue weighted by Gasteiger charge is -2.16. The van der Waals surface area contributed by atoms with Crippen LogP contribution >= 0.6 is 11.8 Å². The lowest BCUT2D eigenvalue weighted by Crippen LogP contribution is -2.26. The summed E-state index contributed by atoms with van der Waals surface area (Å²) in [6.45, 7) is 5.72. The number of thioether (sulfide) groups is 1. The van der Waals surface area contributed by atoms with E-state index in [0.29, 0.717) is 16.1 Å².